The molecule has 0 aromatic rings. The highest BCUT2D eigenvalue weighted by molar-refractivity contribution is 4.91. The lowest BCUT2D eigenvalue weighted by Gasteiger charge is -2.22. The van der Waals surface area contributed by atoms with Crippen molar-refractivity contribution < 1.29 is 4.74 Å². The lowest BCUT2D eigenvalue weighted by atomic mass is 10.1. The number of ether oxygens (including phenoxy) is 1. The Kier molecular flexibility index (Phi) is 3.23. The molecule has 0 aromatic carbocycles. The number of hydrogen-bond acceptors (Lipinski definition) is 3. The van der Waals surface area contributed by atoms with E-state index in [1.807, 2.05) is 13.1 Å². The van der Waals surface area contributed by atoms with Gasteiger partial charge in [-0.25, -0.2) is 0 Å². The van der Waals surface area contributed by atoms with Crippen LogP contribution in [0.3, 0.4) is 0 Å². The van der Waals surface area contributed by atoms with Gasteiger partial charge in [-0.05, 0) is 19.8 Å². The number of allylic oxidation sites excluding steroid dienone is 1. The largest absolute Gasteiger partial charge is 0.401 e. The molecule has 1 aliphatic rings. The molecule has 0 aliphatic carbocycles. The summed E-state index contributed by atoms with van der Waals surface area (Å²) in [7, 11) is 0. The molecule has 1 fully saturated rings. The molecule has 1 heterocycles. The lowest BCUT2D eigenvalue weighted by Crippen LogP contribution is -2.31. The van der Waals surface area contributed by atoms with Crippen LogP contribution in [-0.2, 0) is 4.74 Å². The SMILES string of the molecule is C/C(N)=C\NC1CCOCC1. The molecular formula is C8H16N2O. The first-order valence-corrected chi connectivity index (χ1v) is 4.05. The van der Waals surface area contributed by atoms with Crippen molar-refractivity contribution in [1.82, 2.24) is 5.32 Å². The van der Waals surface area contributed by atoms with Gasteiger partial charge in [-0.15, -0.1) is 0 Å². The summed E-state index contributed by atoms with van der Waals surface area (Å²) in [6, 6.07) is 0.558. The zero-order chi connectivity index (χ0) is 8.10. The monoisotopic (exact) mass is 156 g/mol. The zero-order valence-electron chi connectivity index (χ0n) is 6.97. The van der Waals surface area contributed by atoms with E-state index in [-0.39, 0.29) is 0 Å². The molecule has 3 heteroatoms. The summed E-state index contributed by atoms with van der Waals surface area (Å²) in [5.74, 6) is 0. The van der Waals surface area contributed by atoms with Crippen molar-refractivity contribution in [2.24, 2.45) is 5.73 Å². The number of hydrogen-bond donors (Lipinski definition) is 2. The Labute approximate surface area is 67.6 Å². The van der Waals surface area contributed by atoms with Crippen LogP contribution in [0.4, 0.5) is 0 Å². The Morgan fingerprint density at radius 1 is 1.55 bits per heavy atom. The first-order valence-electron chi connectivity index (χ1n) is 4.05. The van der Waals surface area contributed by atoms with Gasteiger partial charge < -0.3 is 15.8 Å². The minimum atomic E-state index is 0.558. The van der Waals surface area contributed by atoms with Crippen molar-refractivity contribution in [3.05, 3.63) is 11.9 Å². The summed E-state index contributed by atoms with van der Waals surface area (Å²) < 4.78 is 5.21. The number of nitrogens with two attached hydrogens (primary N) is 1. The topological polar surface area (TPSA) is 47.3 Å². The molecular weight excluding hydrogens is 140 g/mol. The summed E-state index contributed by atoms with van der Waals surface area (Å²) in [6.07, 6.45) is 4.05. The van der Waals surface area contributed by atoms with Crippen LogP contribution in [0, 0.1) is 0 Å². The fourth-order valence-electron chi connectivity index (χ4n) is 1.11. The van der Waals surface area contributed by atoms with Crippen LogP contribution < -0.4 is 11.1 Å². The van der Waals surface area contributed by atoms with Gasteiger partial charge in [-0.3, -0.25) is 0 Å². The second kappa shape index (κ2) is 4.23. The number of rotatable bonds is 2. The molecule has 1 aliphatic heterocycles. The van der Waals surface area contributed by atoms with E-state index < -0.39 is 0 Å². The van der Waals surface area contributed by atoms with Gasteiger partial charge in [0.05, 0.1) is 0 Å². The fourth-order valence-corrected chi connectivity index (χ4v) is 1.11. The van der Waals surface area contributed by atoms with E-state index in [2.05, 4.69) is 5.32 Å². The fraction of sp³-hybridized carbons (Fsp3) is 0.750. The highest BCUT2D eigenvalue weighted by atomic mass is 16.5. The van der Waals surface area contributed by atoms with Crippen molar-refractivity contribution in [3.8, 4) is 0 Å². The molecule has 0 radical (unpaired) electrons. The Hall–Kier alpha value is -0.700. The molecule has 0 atom stereocenters. The molecule has 1 saturated heterocycles. The normalized spacial score (nSPS) is 21.7. The van der Waals surface area contributed by atoms with Gasteiger partial charge in [0, 0.05) is 31.2 Å². The highest BCUT2D eigenvalue weighted by Gasteiger charge is 2.10. The molecule has 3 N–H and O–H groups in total. The molecule has 0 saturated carbocycles. The van der Waals surface area contributed by atoms with E-state index >= 15 is 0 Å². The third-order valence-electron chi connectivity index (χ3n) is 1.77. The van der Waals surface area contributed by atoms with E-state index in [1.165, 1.54) is 0 Å². The van der Waals surface area contributed by atoms with Crippen molar-refractivity contribution in [2.45, 2.75) is 25.8 Å². The van der Waals surface area contributed by atoms with Crippen LogP contribution in [0.15, 0.2) is 11.9 Å². The molecule has 0 unspecified atom stereocenters. The lowest BCUT2D eigenvalue weighted by molar-refractivity contribution is 0.0811. The molecule has 0 amide bonds. The smallest absolute Gasteiger partial charge is 0.0485 e. The molecule has 3 nitrogen and oxygen atoms in total. The van der Waals surface area contributed by atoms with Gasteiger partial charge in [0.2, 0.25) is 0 Å². The van der Waals surface area contributed by atoms with E-state index in [9.17, 15) is 0 Å². The Balaban J connectivity index is 2.19. The third-order valence-corrected chi connectivity index (χ3v) is 1.77. The van der Waals surface area contributed by atoms with Gasteiger partial charge in [0.1, 0.15) is 0 Å². The summed E-state index contributed by atoms with van der Waals surface area (Å²) in [5.41, 5.74) is 6.31. The van der Waals surface area contributed by atoms with E-state index in [4.69, 9.17) is 10.5 Å². The molecule has 11 heavy (non-hydrogen) atoms. The van der Waals surface area contributed by atoms with Crippen LogP contribution in [0.2, 0.25) is 0 Å². The highest BCUT2D eigenvalue weighted by Crippen LogP contribution is 2.05. The van der Waals surface area contributed by atoms with Crippen LogP contribution in [0.1, 0.15) is 19.8 Å². The molecule has 0 aromatic heterocycles. The van der Waals surface area contributed by atoms with E-state index in [1.54, 1.807) is 0 Å². The average molecular weight is 156 g/mol. The number of nitrogens with one attached hydrogen (secondary N) is 1. The van der Waals surface area contributed by atoms with Gasteiger partial charge in [0.25, 0.3) is 0 Å². The first kappa shape index (κ1) is 8.40. The Bertz CT molecular complexity index is 135. The van der Waals surface area contributed by atoms with Crippen molar-refractivity contribution in [3.63, 3.8) is 0 Å². The van der Waals surface area contributed by atoms with Crippen LogP contribution in [0.5, 0.6) is 0 Å². The Morgan fingerprint density at radius 2 is 2.18 bits per heavy atom. The third kappa shape index (κ3) is 3.28. The van der Waals surface area contributed by atoms with Crippen LogP contribution in [-0.4, -0.2) is 19.3 Å². The van der Waals surface area contributed by atoms with Crippen molar-refractivity contribution >= 4 is 0 Å². The minimum Gasteiger partial charge on any atom is -0.401 e. The van der Waals surface area contributed by atoms with Gasteiger partial charge in [0.15, 0.2) is 0 Å². The molecule has 0 bridgehead atoms. The maximum absolute atomic E-state index is 5.48. The van der Waals surface area contributed by atoms with Gasteiger partial charge >= 0.3 is 0 Å². The second-order valence-electron chi connectivity index (χ2n) is 2.94. The summed E-state index contributed by atoms with van der Waals surface area (Å²) in [4.78, 5) is 0. The molecule has 0 spiro atoms. The van der Waals surface area contributed by atoms with Gasteiger partial charge in [-0.2, -0.15) is 0 Å². The van der Waals surface area contributed by atoms with Crippen molar-refractivity contribution in [2.75, 3.05) is 13.2 Å². The predicted octanol–water partition coefficient (Wildman–Crippen LogP) is 0.575. The predicted molar refractivity (Wildman–Crippen MR) is 44.9 cm³/mol. The van der Waals surface area contributed by atoms with Crippen molar-refractivity contribution in [1.29, 1.82) is 0 Å². The van der Waals surface area contributed by atoms with Crippen LogP contribution in [0.25, 0.3) is 0 Å². The minimum absolute atomic E-state index is 0.558. The van der Waals surface area contributed by atoms with E-state index in [0.717, 1.165) is 31.8 Å². The second-order valence-corrected chi connectivity index (χ2v) is 2.94. The van der Waals surface area contributed by atoms with Gasteiger partial charge in [-0.1, -0.05) is 0 Å². The maximum Gasteiger partial charge on any atom is 0.0485 e. The standard InChI is InChI=1S/C8H16N2O/c1-7(9)6-10-8-2-4-11-5-3-8/h6,8,10H,2-5,9H2,1H3/b7-6+. The van der Waals surface area contributed by atoms with Crippen LogP contribution >= 0.6 is 0 Å². The quantitative estimate of drug-likeness (QED) is 0.614. The van der Waals surface area contributed by atoms with E-state index in [0.29, 0.717) is 6.04 Å². The molecule has 1 rings (SSSR count). The maximum atomic E-state index is 5.48. The zero-order valence-corrected chi connectivity index (χ0v) is 6.97. The Morgan fingerprint density at radius 3 is 2.73 bits per heavy atom. The summed E-state index contributed by atoms with van der Waals surface area (Å²) in [5, 5.41) is 3.25. The first-order chi connectivity index (χ1) is 5.29. The summed E-state index contributed by atoms with van der Waals surface area (Å²) in [6.45, 7) is 3.62. The average Bonchev–Trinajstić information content (AvgIpc) is 2.03. The molecule has 64 valence electrons. The summed E-state index contributed by atoms with van der Waals surface area (Å²) >= 11 is 0.